The van der Waals surface area contributed by atoms with Crippen molar-refractivity contribution in [3.63, 3.8) is 0 Å². The number of rotatable bonds is 4. The minimum absolute atomic E-state index is 0.0717. The average molecular weight is 393 g/mol. The second kappa shape index (κ2) is 8.65. The highest BCUT2D eigenvalue weighted by molar-refractivity contribution is 8.18. The van der Waals surface area contributed by atoms with Gasteiger partial charge in [-0.1, -0.05) is 49.6 Å². The van der Waals surface area contributed by atoms with E-state index in [1.807, 2.05) is 65.6 Å². The summed E-state index contributed by atoms with van der Waals surface area (Å²) in [6, 6.07) is 17.9. The number of benzene rings is 2. The zero-order chi connectivity index (χ0) is 19.3. The number of hydrogen-bond acceptors (Lipinski definition) is 4. The van der Waals surface area contributed by atoms with Crippen LogP contribution >= 0.6 is 11.8 Å². The fraction of sp³-hybridized carbons (Fsp3) is 0.304. The van der Waals surface area contributed by atoms with Crippen LogP contribution in [0.2, 0.25) is 0 Å². The third-order valence-corrected chi connectivity index (χ3v) is 6.15. The van der Waals surface area contributed by atoms with E-state index >= 15 is 0 Å². The Balaban J connectivity index is 1.66. The topological polar surface area (TPSA) is 41.9 Å². The summed E-state index contributed by atoms with van der Waals surface area (Å²) in [5.74, 6) is 0.880. The molecule has 0 atom stereocenters. The number of nitrogens with zero attached hydrogens (tertiary/aromatic N) is 2. The number of para-hydroxylation sites is 1. The lowest BCUT2D eigenvalue weighted by Gasteiger charge is -2.30. The van der Waals surface area contributed by atoms with Crippen LogP contribution < -0.4 is 4.74 Å². The van der Waals surface area contributed by atoms with Crippen molar-refractivity contribution in [1.82, 2.24) is 4.90 Å². The molecule has 0 radical (unpaired) electrons. The molecule has 2 aliphatic rings. The number of thioether (sulfide) groups is 1. The van der Waals surface area contributed by atoms with Gasteiger partial charge in [0, 0.05) is 6.04 Å². The highest BCUT2D eigenvalue weighted by Crippen LogP contribution is 2.38. The number of amidine groups is 1. The van der Waals surface area contributed by atoms with E-state index in [1.54, 1.807) is 7.11 Å². The van der Waals surface area contributed by atoms with Gasteiger partial charge in [0.05, 0.1) is 17.7 Å². The van der Waals surface area contributed by atoms with Gasteiger partial charge in [0.1, 0.15) is 5.75 Å². The molecule has 2 aromatic carbocycles. The summed E-state index contributed by atoms with van der Waals surface area (Å²) >= 11 is 1.48. The maximum Gasteiger partial charge on any atom is 0.267 e. The predicted octanol–water partition coefficient (Wildman–Crippen LogP) is 5.63. The molecule has 1 saturated heterocycles. The second-order valence-electron chi connectivity index (χ2n) is 7.08. The van der Waals surface area contributed by atoms with E-state index in [2.05, 4.69) is 0 Å². The molecule has 0 spiro atoms. The molecule has 1 saturated carbocycles. The zero-order valence-electron chi connectivity index (χ0n) is 16.0. The molecule has 1 amide bonds. The molecule has 0 unspecified atom stereocenters. The molecule has 2 aromatic rings. The van der Waals surface area contributed by atoms with Crippen LogP contribution in [0.4, 0.5) is 5.69 Å². The number of ether oxygens (including phenoxy) is 1. The monoisotopic (exact) mass is 392 g/mol. The third-order valence-electron chi connectivity index (χ3n) is 5.17. The van der Waals surface area contributed by atoms with Crippen LogP contribution in [0, 0.1) is 0 Å². The summed E-state index contributed by atoms with van der Waals surface area (Å²) in [5, 5.41) is 0.794. The Morgan fingerprint density at radius 1 is 1.04 bits per heavy atom. The highest BCUT2D eigenvalue weighted by atomic mass is 32.2. The lowest BCUT2D eigenvalue weighted by Crippen LogP contribution is -2.40. The van der Waals surface area contributed by atoms with E-state index in [4.69, 9.17) is 9.73 Å². The third kappa shape index (κ3) is 4.14. The van der Waals surface area contributed by atoms with Crippen molar-refractivity contribution in [3.8, 4) is 5.75 Å². The fourth-order valence-corrected chi connectivity index (χ4v) is 4.75. The molecule has 1 aliphatic carbocycles. The minimum atomic E-state index is 0.0717. The van der Waals surface area contributed by atoms with Crippen LogP contribution in [-0.4, -0.2) is 29.1 Å². The van der Waals surface area contributed by atoms with Crippen LogP contribution in [0.25, 0.3) is 6.08 Å². The number of methoxy groups -OCH3 is 1. The largest absolute Gasteiger partial charge is 0.497 e. The van der Waals surface area contributed by atoms with Crippen molar-refractivity contribution in [1.29, 1.82) is 0 Å². The van der Waals surface area contributed by atoms with Crippen LogP contribution in [-0.2, 0) is 4.79 Å². The number of carbonyl (C=O) groups excluding carboxylic acids is 1. The number of aliphatic imine (C=N–C) groups is 1. The molecule has 4 nitrogen and oxygen atoms in total. The van der Waals surface area contributed by atoms with Crippen molar-refractivity contribution in [2.45, 2.75) is 38.1 Å². The Labute approximate surface area is 170 Å². The first-order valence-corrected chi connectivity index (χ1v) is 10.6. The first-order valence-electron chi connectivity index (χ1n) is 9.75. The molecule has 1 heterocycles. The molecule has 144 valence electrons. The van der Waals surface area contributed by atoms with Gasteiger partial charge in [-0.15, -0.1) is 0 Å². The molecule has 28 heavy (non-hydrogen) atoms. The molecule has 5 heteroatoms. The van der Waals surface area contributed by atoms with Crippen LogP contribution in [0.3, 0.4) is 0 Å². The maximum absolute atomic E-state index is 13.3. The SMILES string of the molecule is COc1ccc(/C=C2/SC(=Nc3ccccc3)N(C3CCCCC3)C2=O)cc1. The molecular formula is C23H24N2O2S. The van der Waals surface area contributed by atoms with E-state index < -0.39 is 0 Å². The van der Waals surface area contributed by atoms with Gasteiger partial charge in [-0.05, 0) is 60.5 Å². The molecular weight excluding hydrogens is 368 g/mol. The Kier molecular flexibility index (Phi) is 5.81. The molecule has 0 N–H and O–H groups in total. The fourth-order valence-electron chi connectivity index (χ4n) is 3.69. The van der Waals surface area contributed by atoms with Gasteiger partial charge in [-0.2, -0.15) is 0 Å². The minimum Gasteiger partial charge on any atom is -0.497 e. The van der Waals surface area contributed by atoms with Gasteiger partial charge in [0.25, 0.3) is 5.91 Å². The van der Waals surface area contributed by atoms with Gasteiger partial charge in [0.2, 0.25) is 0 Å². The van der Waals surface area contributed by atoms with Gasteiger partial charge >= 0.3 is 0 Å². The molecule has 0 bridgehead atoms. The molecule has 0 aromatic heterocycles. The Bertz CT molecular complexity index is 885. The smallest absolute Gasteiger partial charge is 0.267 e. The van der Waals surface area contributed by atoms with Crippen molar-refractivity contribution in [2.75, 3.05) is 7.11 Å². The van der Waals surface area contributed by atoms with E-state index in [9.17, 15) is 4.79 Å². The van der Waals surface area contributed by atoms with Gasteiger partial charge < -0.3 is 4.74 Å². The number of carbonyl (C=O) groups is 1. The average Bonchev–Trinajstić information content (AvgIpc) is 3.04. The van der Waals surface area contributed by atoms with E-state index in [-0.39, 0.29) is 11.9 Å². The predicted molar refractivity (Wildman–Crippen MR) is 116 cm³/mol. The Morgan fingerprint density at radius 2 is 1.75 bits per heavy atom. The molecule has 1 aliphatic heterocycles. The Hall–Kier alpha value is -2.53. The van der Waals surface area contributed by atoms with Crippen LogP contribution in [0.5, 0.6) is 5.75 Å². The van der Waals surface area contributed by atoms with E-state index in [1.165, 1.54) is 31.0 Å². The van der Waals surface area contributed by atoms with Crippen molar-refractivity contribution in [2.24, 2.45) is 4.99 Å². The van der Waals surface area contributed by atoms with Crippen LogP contribution in [0.15, 0.2) is 64.5 Å². The van der Waals surface area contributed by atoms with Crippen molar-refractivity contribution < 1.29 is 9.53 Å². The lowest BCUT2D eigenvalue weighted by molar-refractivity contribution is -0.124. The van der Waals surface area contributed by atoms with Gasteiger partial charge in [-0.3, -0.25) is 9.69 Å². The summed E-state index contributed by atoms with van der Waals surface area (Å²) in [7, 11) is 1.65. The molecule has 4 rings (SSSR count). The number of hydrogen-bond donors (Lipinski definition) is 0. The Morgan fingerprint density at radius 3 is 2.43 bits per heavy atom. The van der Waals surface area contributed by atoms with Gasteiger partial charge in [0.15, 0.2) is 5.17 Å². The maximum atomic E-state index is 13.3. The van der Waals surface area contributed by atoms with Gasteiger partial charge in [-0.25, -0.2) is 4.99 Å². The number of amides is 1. The zero-order valence-corrected chi connectivity index (χ0v) is 16.8. The first kappa shape index (κ1) is 18.8. The summed E-state index contributed by atoms with van der Waals surface area (Å²) in [6.45, 7) is 0. The summed E-state index contributed by atoms with van der Waals surface area (Å²) in [4.78, 5) is 20.7. The molecule has 2 fully saturated rings. The highest BCUT2D eigenvalue weighted by Gasteiger charge is 2.38. The van der Waals surface area contributed by atoms with Crippen LogP contribution in [0.1, 0.15) is 37.7 Å². The van der Waals surface area contributed by atoms with E-state index in [0.29, 0.717) is 0 Å². The quantitative estimate of drug-likeness (QED) is 0.633. The lowest BCUT2D eigenvalue weighted by atomic mass is 9.94. The summed E-state index contributed by atoms with van der Waals surface area (Å²) < 4.78 is 5.22. The second-order valence-corrected chi connectivity index (χ2v) is 8.09. The summed E-state index contributed by atoms with van der Waals surface area (Å²) in [5.41, 5.74) is 1.87. The first-order chi connectivity index (χ1) is 13.7. The standard InChI is InChI=1S/C23H24N2O2S/c1-27-20-14-12-17(13-15-20)16-21-22(26)25(19-10-6-3-7-11-19)23(28-21)24-18-8-4-2-5-9-18/h2,4-5,8-9,12-16,19H,3,6-7,10-11H2,1H3/b21-16+,24-23?. The summed E-state index contributed by atoms with van der Waals surface area (Å²) in [6.07, 6.45) is 7.66. The normalized spacial score (nSPS) is 20.9. The van der Waals surface area contributed by atoms with Crippen molar-refractivity contribution >= 4 is 34.6 Å². The van der Waals surface area contributed by atoms with E-state index in [0.717, 1.165) is 39.9 Å². The van der Waals surface area contributed by atoms with Crippen molar-refractivity contribution in [3.05, 3.63) is 65.1 Å².